The lowest BCUT2D eigenvalue weighted by Gasteiger charge is -2.05. The quantitative estimate of drug-likeness (QED) is 0.698. The van der Waals surface area contributed by atoms with Crippen LogP contribution in [0.1, 0.15) is 18.4 Å². The Morgan fingerprint density at radius 3 is 2.87 bits per heavy atom. The van der Waals surface area contributed by atoms with Gasteiger partial charge in [-0.2, -0.15) is 0 Å². The molecule has 0 aliphatic heterocycles. The number of ether oxygens (including phenoxy) is 2. The second kappa shape index (κ2) is 7.26. The van der Waals surface area contributed by atoms with Crippen LogP contribution in [0, 0.1) is 0 Å². The van der Waals surface area contributed by atoms with Crippen LogP contribution in [0.25, 0.3) is 0 Å². The third-order valence-electron chi connectivity index (χ3n) is 2.15. The Bertz CT molecular complexity index is 276. The first kappa shape index (κ1) is 12.0. The summed E-state index contributed by atoms with van der Waals surface area (Å²) in [5.74, 6) is 0.873. The Balaban J connectivity index is 2.24. The standard InChI is InChI=1S/C12H19NO2/c1-14-12-6-4-5-11(9-12)10-15-8-3-2-7-13/h4-6,9H,2-3,7-8,10,13H2,1H3. The molecular weight excluding hydrogens is 190 g/mol. The van der Waals surface area contributed by atoms with Gasteiger partial charge >= 0.3 is 0 Å². The van der Waals surface area contributed by atoms with E-state index in [2.05, 4.69) is 0 Å². The predicted molar refractivity (Wildman–Crippen MR) is 60.9 cm³/mol. The molecule has 3 heteroatoms. The number of unbranched alkanes of at least 4 members (excludes halogenated alkanes) is 1. The van der Waals surface area contributed by atoms with Gasteiger partial charge in [0.05, 0.1) is 13.7 Å². The number of methoxy groups -OCH3 is 1. The Labute approximate surface area is 91.2 Å². The lowest BCUT2D eigenvalue weighted by atomic mass is 10.2. The maximum Gasteiger partial charge on any atom is 0.119 e. The van der Waals surface area contributed by atoms with Gasteiger partial charge in [0.25, 0.3) is 0 Å². The second-order valence-electron chi connectivity index (χ2n) is 3.40. The van der Waals surface area contributed by atoms with E-state index in [0.717, 1.165) is 37.3 Å². The lowest BCUT2D eigenvalue weighted by molar-refractivity contribution is 0.117. The van der Waals surface area contributed by atoms with Gasteiger partial charge < -0.3 is 15.2 Å². The molecule has 0 aliphatic rings. The molecule has 0 bridgehead atoms. The van der Waals surface area contributed by atoms with Crippen LogP contribution in [0.3, 0.4) is 0 Å². The molecule has 3 nitrogen and oxygen atoms in total. The first-order valence-corrected chi connectivity index (χ1v) is 5.27. The summed E-state index contributed by atoms with van der Waals surface area (Å²) >= 11 is 0. The van der Waals surface area contributed by atoms with Gasteiger partial charge in [-0.05, 0) is 37.1 Å². The summed E-state index contributed by atoms with van der Waals surface area (Å²) < 4.78 is 10.6. The highest BCUT2D eigenvalue weighted by Gasteiger charge is 1.95. The van der Waals surface area contributed by atoms with E-state index in [4.69, 9.17) is 15.2 Å². The van der Waals surface area contributed by atoms with E-state index in [1.165, 1.54) is 0 Å². The van der Waals surface area contributed by atoms with E-state index in [9.17, 15) is 0 Å². The molecule has 1 aromatic rings. The molecule has 0 amide bonds. The van der Waals surface area contributed by atoms with Crippen LogP contribution in [0.5, 0.6) is 5.75 Å². The monoisotopic (exact) mass is 209 g/mol. The SMILES string of the molecule is COc1cccc(COCCCCN)c1. The number of nitrogens with two attached hydrogens (primary N) is 1. The average molecular weight is 209 g/mol. The van der Waals surface area contributed by atoms with Crippen LogP contribution < -0.4 is 10.5 Å². The fourth-order valence-electron chi connectivity index (χ4n) is 1.30. The summed E-state index contributed by atoms with van der Waals surface area (Å²) in [5.41, 5.74) is 6.53. The maximum absolute atomic E-state index is 5.51. The second-order valence-corrected chi connectivity index (χ2v) is 3.40. The summed E-state index contributed by atoms with van der Waals surface area (Å²) in [4.78, 5) is 0. The minimum Gasteiger partial charge on any atom is -0.497 e. The topological polar surface area (TPSA) is 44.5 Å². The fraction of sp³-hybridized carbons (Fsp3) is 0.500. The van der Waals surface area contributed by atoms with Crippen LogP contribution in [-0.4, -0.2) is 20.3 Å². The first-order valence-electron chi connectivity index (χ1n) is 5.27. The van der Waals surface area contributed by atoms with Crippen LogP contribution in [-0.2, 0) is 11.3 Å². The Hall–Kier alpha value is -1.06. The third kappa shape index (κ3) is 4.81. The highest BCUT2D eigenvalue weighted by Crippen LogP contribution is 2.13. The third-order valence-corrected chi connectivity index (χ3v) is 2.15. The van der Waals surface area contributed by atoms with Crippen molar-refractivity contribution >= 4 is 0 Å². The zero-order valence-corrected chi connectivity index (χ0v) is 9.24. The van der Waals surface area contributed by atoms with Crippen molar-refractivity contribution in [2.45, 2.75) is 19.4 Å². The molecule has 0 aromatic heterocycles. The van der Waals surface area contributed by atoms with Crippen molar-refractivity contribution in [2.75, 3.05) is 20.3 Å². The van der Waals surface area contributed by atoms with Crippen molar-refractivity contribution < 1.29 is 9.47 Å². The molecule has 0 atom stereocenters. The normalized spacial score (nSPS) is 10.3. The van der Waals surface area contributed by atoms with Crippen molar-refractivity contribution in [1.29, 1.82) is 0 Å². The summed E-state index contributed by atoms with van der Waals surface area (Å²) in [7, 11) is 1.67. The van der Waals surface area contributed by atoms with Gasteiger partial charge in [0.2, 0.25) is 0 Å². The van der Waals surface area contributed by atoms with Gasteiger partial charge in [-0.3, -0.25) is 0 Å². The molecule has 0 heterocycles. The fourth-order valence-corrected chi connectivity index (χ4v) is 1.30. The summed E-state index contributed by atoms with van der Waals surface area (Å²) in [6.07, 6.45) is 2.05. The van der Waals surface area contributed by atoms with Crippen molar-refractivity contribution in [2.24, 2.45) is 5.73 Å². The zero-order chi connectivity index (χ0) is 10.9. The molecule has 0 saturated carbocycles. The van der Waals surface area contributed by atoms with E-state index >= 15 is 0 Å². The van der Waals surface area contributed by atoms with Crippen molar-refractivity contribution in [1.82, 2.24) is 0 Å². The minimum atomic E-state index is 0.641. The average Bonchev–Trinajstić information content (AvgIpc) is 2.29. The molecule has 0 unspecified atom stereocenters. The molecular formula is C12H19NO2. The number of hydrogen-bond donors (Lipinski definition) is 1. The van der Waals surface area contributed by atoms with E-state index < -0.39 is 0 Å². The highest BCUT2D eigenvalue weighted by atomic mass is 16.5. The van der Waals surface area contributed by atoms with Gasteiger partial charge in [-0.25, -0.2) is 0 Å². The molecule has 0 fully saturated rings. The van der Waals surface area contributed by atoms with Crippen LogP contribution in [0.15, 0.2) is 24.3 Å². The molecule has 1 rings (SSSR count). The van der Waals surface area contributed by atoms with Crippen LogP contribution >= 0.6 is 0 Å². The van der Waals surface area contributed by atoms with E-state index in [1.807, 2.05) is 24.3 Å². The molecule has 0 radical (unpaired) electrons. The summed E-state index contributed by atoms with van der Waals surface area (Å²) in [5, 5.41) is 0. The zero-order valence-electron chi connectivity index (χ0n) is 9.24. The smallest absolute Gasteiger partial charge is 0.119 e. The molecule has 0 aliphatic carbocycles. The van der Waals surface area contributed by atoms with Gasteiger partial charge in [0.15, 0.2) is 0 Å². The number of benzene rings is 1. The summed E-state index contributed by atoms with van der Waals surface area (Å²) in [6.45, 7) is 2.15. The molecule has 0 saturated heterocycles. The van der Waals surface area contributed by atoms with Gasteiger partial charge in [0, 0.05) is 6.61 Å². The van der Waals surface area contributed by atoms with Crippen molar-refractivity contribution in [3.63, 3.8) is 0 Å². The van der Waals surface area contributed by atoms with E-state index in [0.29, 0.717) is 6.61 Å². The molecule has 2 N–H and O–H groups in total. The Kier molecular flexibility index (Phi) is 5.81. The highest BCUT2D eigenvalue weighted by molar-refractivity contribution is 5.27. The minimum absolute atomic E-state index is 0.641. The molecule has 84 valence electrons. The van der Waals surface area contributed by atoms with Gasteiger partial charge in [-0.15, -0.1) is 0 Å². The Morgan fingerprint density at radius 1 is 1.27 bits per heavy atom. The van der Waals surface area contributed by atoms with E-state index in [1.54, 1.807) is 7.11 Å². The number of rotatable bonds is 7. The maximum atomic E-state index is 5.51. The molecule has 15 heavy (non-hydrogen) atoms. The largest absolute Gasteiger partial charge is 0.497 e. The Morgan fingerprint density at radius 2 is 2.13 bits per heavy atom. The van der Waals surface area contributed by atoms with Gasteiger partial charge in [0.1, 0.15) is 5.75 Å². The van der Waals surface area contributed by atoms with Crippen LogP contribution in [0.2, 0.25) is 0 Å². The first-order chi connectivity index (χ1) is 7.36. The number of hydrogen-bond acceptors (Lipinski definition) is 3. The van der Waals surface area contributed by atoms with Crippen molar-refractivity contribution in [3.05, 3.63) is 29.8 Å². The van der Waals surface area contributed by atoms with E-state index in [-0.39, 0.29) is 0 Å². The van der Waals surface area contributed by atoms with Crippen LogP contribution in [0.4, 0.5) is 0 Å². The molecule has 1 aromatic carbocycles. The van der Waals surface area contributed by atoms with Crippen molar-refractivity contribution in [3.8, 4) is 5.75 Å². The summed E-state index contributed by atoms with van der Waals surface area (Å²) in [6, 6.07) is 7.92. The molecule has 0 spiro atoms. The van der Waals surface area contributed by atoms with Gasteiger partial charge in [-0.1, -0.05) is 12.1 Å². The lowest BCUT2D eigenvalue weighted by Crippen LogP contribution is -2.02. The predicted octanol–water partition coefficient (Wildman–Crippen LogP) is 1.95.